The lowest BCUT2D eigenvalue weighted by molar-refractivity contribution is -0.135. The summed E-state index contributed by atoms with van der Waals surface area (Å²) in [6, 6.07) is 9.36. The highest BCUT2D eigenvalue weighted by Gasteiger charge is 2.34. The highest BCUT2D eigenvalue weighted by Crippen LogP contribution is 2.31. The van der Waals surface area contributed by atoms with Gasteiger partial charge in [0.2, 0.25) is 0 Å². The van der Waals surface area contributed by atoms with Gasteiger partial charge in [-0.25, -0.2) is 0 Å². The van der Waals surface area contributed by atoms with Gasteiger partial charge in [-0.15, -0.1) is 0 Å². The van der Waals surface area contributed by atoms with Crippen LogP contribution in [0.1, 0.15) is 19.8 Å². The Morgan fingerprint density at radius 2 is 1.95 bits per heavy atom. The van der Waals surface area contributed by atoms with Crippen molar-refractivity contribution in [1.82, 2.24) is 4.90 Å². The molecule has 0 saturated carbocycles. The van der Waals surface area contributed by atoms with Gasteiger partial charge in [-0.05, 0) is 25.0 Å². The molecular weight excluding hydrogens is 272 g/mol. The zero-order valence-corrected chi connectivity index (χ0v) is 12.5. The lowest BCUT2D eigenvalue weighted by atomic mass is 9.80. The molecule has 1 aromatic rings. The molecule has 1 aliphatic heterocycles. The standard InChI is InChI=1S/C15H20N2O2S/c1-15(14(16)20)7-9-17(10-8-15)13(18)11-19-12-5-3-2-4-6-12/h2-6H,7-11H2,1H3,(H2,16,20). The molecule has 0 bridgehead atoms. The van der Waals surface area contributed by atoms with Crippen LogP contribution in [0.4, 0.5) is 0 Å². The minimum Gasteiger partial charge on any atom is -0.484 e. The van der Waals surface area contributed by atoms with Crippen molar-refractivity contribution < 1.29 is 9.53 Å². The number of ether oxygens (including phenoxy) is 1. The van der Waals surface area contributed by atoms with E-state index in [0.29, 0.717) is 23.8 Å². The number of amides is 1. The molecule has 1 aromatic carbocycles. The summed E-state index contributed by atoms with van der Waals surface area (Å²) in [6.07, 6.45) is 1.64. The second-order valence-electron chi connectivity index (χ2n) is 5.41. The van der Waals surface area contributed by atoms with Crippen LogP contribution < -0.4 is 10.5 Å². The van der Waals surface area contributed by atoms with E-state index in [1.54, 1.807) is 0 Å². The topological polar surface area (TPSA) is 55.6 Å². The molecule has 1 amide bonds. The number of para-hydroxylation sites is 1. The van der Waals surface area contributed by atoms with E-state index in [1.165, 1.54) is 0 Å². The average Bonchev–Trinajstić information content (AvgIpc) is 2.46. The molecule has 1 fully saturated rings. The van der Waals surface area contributed by atoms with Crippen LogP contribution in [0.5, 0.6) is 5.75 Å². The van der Waals surface area contributed by atoms with Gasteiger partial charge in [0.25, 0.3) is 5.91 Å². The fourth-order valence-electron chi connectivity index (χ4n) is 2.25. The molecule has 2 rings (SSSR count). The lowest BCUT2D eigenvalue weighted by Crippen LogP contribution is -2.47. The fraction of sp³-hybridized carbons (Fsp3) is 0.467. The number of nitrogens with two attached hydrogens (primary N) is 1. The van der Waals surface area contributed by atoms with Crippen LogP contribution in [0.15, 0.2) is 30.3 Å². The second-order valence-corrected chi connectivity index (χ2v) is 5.85. The Bertz CT molecular complexity index is 482. The maximum absolute atomic E-state index is 12.1. The number of likely N-dealkylation sites (tertiary alicyclic amines) is 1. The van der Waals surface area contributed by atoms with E-state index in [1.807, 2.05) is 35.2 Å². The first-order chi connectivity index (χ1) is 9.51. The molecule has 20 heavy (non-hydrogen) atoms. The number of carbonyl (C=O) groups is 1. The van der Waals surface area contributed by atoms with Gasteiger partial charge in [-0.1, -0.05) is 37.3 Å². The summed E-state index contributed by atoms with van der Waals surface area (Å²) in [5.74, 6) is 0.727. The maximum Gasteiger partial charge on any atom is 0.260 e. The van der Waals surface area contributed by atoms with E-state index in [9.17, 15) is 4.79 Å². The van der Waals surface area contributed by atoms with Crippen LogP contribution >= 0.6 is 12.2 Å². The Morgan fingerprint density at radius 3 is 2.50 bits per heavy atom. The van der Waals surface area contributed by atoms with Crippen molar-refractivity contribution in [3.05, 3.63) is 30.3 Å². The van der Waals surface area contributed by atoms with E-state index in [4.69, 9.17) is 22.7 Å². The van der Waals surface area contributed by atoms with E-state index < -0.39 is 0 Å². The van der Waals surface area contributed by atoms with Crippen LogP contribution in [-0.4, -0.2) is 35.5 Å². The number of piperidine rings is 1. The van der Waals surface area contributed by atoms with Crippen LogP contribution in [0.3, 0.4) is 0 Å². The van der Waals surface area contributed by atoms with Crippen molar-refractivity contribution in [3.63, 3.8) is 0 Å². The molecule has 1 saturated heterocycles. The molecule has 5 heteroatoms. The third kappa shape index (κ3) is 3.48. The third-order valence-corrected chi connectivity index (χ3v) is 4.41. The van der Waals surface area contributed by atoms with Crippen molar-refractivity contribution >= 4 is 23.1 Å². The van der Waals surface area contributed by atoms with Crippen molar-refractivity contribution in [1.29, 1.82) is 0 Å². The van der Waals surface area contributed by atoms with E-state index in [-0.39, 0.29) is 17.9 Å². The Labute approximate surface area is 124 Å². The minimum absolute atomic E-state index is 0.0128. The van der Waals surface area contributed by atoms with Gasteiger partial charge in [0.05, 0.1) is 4.99 Å². The monoisotopic (exact) mass is 292 g/mol. The van der Waals surface area contributed by atoms with Gasteiger partial charge >= 0.3 is 0 Å². The molecule has 0 aliphatic carbocycles. The Balaban J connectivity index is 1.82. The predicted molar refractivity (Wildman–Crippen MR) is 82.6 cm³/mol. The van der Waals surface area contributed by atoms with Crippen molar-refractivity contribution in [2.24, 2.45) is 11.1 Å². The quantitative estimate of drug-likeness (QED) is 0.862. The summed E-state index contributed by atoms with van der Waals surface area (Å²) in [6.45, 7) is 3.51. The van der Waals surface area contributed by atoms with Gasteiger partial charge in [0.15, 0.2) is 6.61 Å². The normalized spacial score (nSPS) is 17.6. The van der Waals surface area contributed by atoms with Crippen LogP contribution in [0.25, 0.3) is 0 Å². The maximum atomic E-state index is 12.1. The molecule has 0 unspecified atom stereocenters. The van der Waals surface area contributed by atoms with Gasteiger partial charge in [0, 0.05) is 18.5 Å². The molecular formula is C15H20N2O2S. The minimum atomic E-state index is -0.119. The number of carbonyl (C=O) groups excluding carboxylic acids is 1. The van der Waals surface area contributed by atoms with E-state index in [2.05, 4.69) is 6.92 Å². The molecule has 1 aliphatic rings. The van der Waals surface area contributed by atoms with Crippen molar-refractivity contribution in [3.8, 4) is 5.75 Å². The highest BCUT2D eigenvalue weighted by atomic mass is 32.1. The number of rotatable bonds is 4. The van der Waals surface area contributed by atoms with Crippen LogP contribution in [0, 0.1) is 5.41 Å². The summed E-state index contributed by atoms with van der Waals surface area (Å²) < 4.78 is 5.48. The third-order valence-electron chi connectivity index (χ3n) is 3.92. The average molecular weight is 292 g/mol. The Kier molecular flexibility index (Phi) is 4.60. The fourth-order valence-corrected chi connectivity index (χ4v) is 2.45. The summed E-state index contributed by atoms with van der Waals surface area (Å²) in [7, 11) is 0. The molecule has 0 radical (unpaired) electrons. The summed E-state index contributed by atoms with van der Waals surface area (Å²) in [4.78, 5) is 14.5. The number of benzene rings is 1. The zero-order valence-electron chi connectivity index (χ0n) is 11.7. The van der Waals surface area contributed by atoms with E-state index >= 15 is 0 Å². The lowest BCUT2D eigenvalue weighted by Gasteiger charge is -2.38. The molecule has 0 atom stereocenters. The van der Waals surface area contributed by atoms with Crippen LogP contribution in [0.2, 0.25) is 0 Å². The van der Waals surface area contributed by atoms with Gasteiger partial charge in [-0.2, -0.15) is 0 Å². The SMILES string of the molecule is CC1(C(N)=S)CCN(C(=O)COc2ccccc2)CC1. The second kappa shape index (κ2) is 6.22. The van der Waals surface area contributed by atoms with Crippen LogP contribution in [-0.2, 0) is 4.79 Å². The van der Waals surface area contributed by atoms with Gasteiger partial charge in [0.1, 0.15) is 5.75 Å². The molecule has 0 aromatic heterocycles. The number of nitrogens with zero attached hydrogens (tertiary/aromatic N) is 1. The predicted octanol–water partition coefficient (Wildman–Crippen LogP) is 1.98. The molecule has 4 nitrogen and oxygen atoms in total. The zero-order chi connectivity index (χ0) is 14.6. The van der Waals surface area contributed by atoms with E-state index in [0.717, 1.165) is 12.8 Å². The van der Waals surface area contributed by atoms with Crippen molar-refractivity contribution in [2.75, 3.05) is 19.7 Å². The smallest absolute Gasteiger partial charge is 0.260 e. The number of hydrogen-bond acceptors (Lipinski definition) is 3. The Hall–Kier alpha value is -1.62. The summed E-state index contributed by atoms with van der Waals surface area (Å²) in [5.41, 5.74) is 5.64. The molecule has 2 N–H and O–H groups in total. The summed E-state index contributed by atoms with van der Waals surface area (Å²) >= 11 is 5.10. The Morgan fingerprint density at radius 1 is 1.35 bits per heavy atom. The molecule has 0 spiro atoms. The first kappa shape index (κ1) is 14.8. The highest BCUT2D eigenvalue weighted by molar-refractivity contribution is 7.80. The van der Waals surface area contributed by atoms with Gasteiger partial charge in [-0.3, -0.25) is 4.79 Å². The first-order valence-corrected chi connectivity index (χ1v) is 7.18. The largest absolute Gasteiger partial charge is 0.484 e. The number of hydrogen-bond donors (Lipinski definition) is 1. The first-order valence-electron chi connectivity index (χ1n) is 6.77. The molecule has 108 valence electrons. The number of thiocarbonyl (C=S) groups is 1. The molecule has 1 heterocycles. The summed E-state index contributed by atoms with van der Waals surface area (Å²) in [5, 5.41) is 0. The van der Waals surface area contributed by atoms with Crippen molar-refractivity contribution in [2.45, 2.75) is 19.8 Å². The van der Waals surface area contributed by atoms with Gasteiger partial charge < -0.3 is 15.4 Å².